The van der Waals surface area contributed by atoms with Crippen molar-refractivity contribution in [1.82, 2.24) is 0 Å². The van der Waals surface area contributed by atoms with Gasteiger partial charge in [0.05, 0.1) is 16.2 Å². The van der Waals surface area contributed by atoms with Crippen LogP contribution in [-0.4, -0.2) is 16.7 Å². The average Bonchev–Trinajstić information content (AvgIpc) is 2.77. The van der Waals surface area contributed by atoms with E-state index in [9.17, 15) is 10.1 Å². The molecule has 0 spiro atoms. The zero-order chi connectivity index (χ0) is 11.5. The third-order valence-corrected chi connectivity index (χ3v) is 2.22. The van der Waals surface area contributed by atoms with E-state index >= 15 is 0 Å². The molecule has 0 fully saturated rings. The van der Waals surface area contributed by atoms with Gasteiger partial charge in [0, 0.05) is 12.5 Å². The summed E-state index contributed by atoms with van der Waals surface area (Å²) in [6.07, 6.45) is -0.365. The summed E-state index contributed by atoms with van der Waals surface area (Å²) in [6, 6.07) is 8.17. The molecule has 0 aromatic heterocycles. The van der Waals surface area contributed by atoms with Crippen LogP contribution in [0.3, 0.4) is 0 Å². The van der Waals surface area contributed by atoms with E-state index < -0.39 is 11.0 Å². The Labute approximate surface area is 90.9 Å². The molecular formula is C10H7N3O3. The summed E-state index contributed by atoms with van der Waals surface area (Å²) in [5.41, 5.74) is 0.826. The fraction of sp³-hybridized carbons (Fsp3) is 0.200. The summed E-state index contributed by atoms with van der Waals surface area (Å²) in [7, 11) is 0. The van der Waals surface area contributed by atoms with Gasteiger partial charge in [0.2, 0.25) is 6.10 Å². The summed E-state index contributed by atoms with van der Waals surface area (Å²) in [5.74, 6) is 0. The molecule has 0 amide bonds. The summed E-state index contributed by atoms with van der Waals surface area (Å²) in [6.45, 7) is 0. The molecule has 0 saturated carbocycles. The van der Waals surface area contributed by atoms with Gasteiger partial charge in [-0.2, -0.15) is 5.26 Å². The smallest absolute Gasteiger partial charge is 0.278 e. The van der Waals surface area contributed by atoms with Crippen molar-refractivity contribution in [2.45, 2.75) is 12.5 Å². The normalized spacial score (nSPS) is 18.4. The Hall–Kier alpha value is -2.42. The Morgan fingerprint density at radius 2 is 2.31 bits per heavy atom. The minimum Gasteiger partial charge on any atom is -0.376 e. The van der Waals surface area contributed by atoms with Crippen molar-refractivity contribution in [3.63, 3.8) is 0 Å². The molecule has 0 aliphatic carbocycles. The number of nitriles is 1. The van der Waals surface area contributed by atoms with Crippen LogP contribution in [0.4, 0.5) is 5.69 Å². The Balaban J connectivity index is 2.36. The van der Waals surface area contributed by atoms with E-state index in [-0.39, 0.29) is 12.1 Å². The largest absolute Gasteiger partial charge is 0.376 e. The quantitative estimate of drug-likeness (QED) is 0.556. The van der Waals surface area contributed by atoms with Crippen LogP contribution in [0.5, 0.6) is 0 Å². The highest BCUT2D eigenvalue weighted by molar-refractivity contribution is 6.04. The van der Waals surface area contributed by atoms with Gasteiger partial charge in [0.15, 0.2) is 0 Å². The maximum atomic E-state index is 10.8. The number of para-hydroxylation sites is 1. The van der Waals surface area contributed by atoms with Crippen molar-refractivity contribution in [2.24, 2.45) is 5.16 Å². The van der Waals surface area contributed by atoms with E-state index in [1.165, 1.54) is 6.07 Å². The van der Waals surface area contributed by atoms with Crippen molar-refractivity contribution in [3.05, 3.63) is 39.9 Å². The van der Waals surface area contributed by atoms with Gasteiger partial charge in [0.1, 0.15) is 6.07 Å². The molecule has 0 bridgehead atoms. The SMILES string of the molecule is N#CC1CC(c2ccccc2[N+](=O)[O-])=NO1. The second-order valence-corrected chi connectivity index (χ2v) is 3.24. The fourth-order valence-electron chi connectivity index (χ4n) is 1.48. The van der Waals surface area contributed by atoms with E-state index in [2.05, 4.69) is 5.16 Å². The number of oxime groups is 1. The maximum Gasteiger partial charge on any atom is 0.278 e. The molecule has 1 aromatic carbocycles. The van der Waals surface area contributed by atoms with Gasteiger partial charge in [0.25, 0.3) is 5.69 Å². The first-order valence-corrected chi connectivity index (χ1v) is 4.58. The van der Waals surface area contributed by atoms with E-state index in [1.807, 2.05) is 6.07 Å². The minimum absolute atomic E-state index is 0.0246. The first-order chi connectivity index (χ1) is 7.72. The first kappa shape index (κ1) is 10.1. The molecule has 2 rings (SSSR count). The summed E-state index contributed by atoms with van der Waals surface area (Å²) >= 11 is 0. The van der Waals surface area contributed by atoms with Gasteiger partial charge >= 0.3 is 0 Å². The van der Waals surface area contributed by atoms with Crippen LogP contribution in [-0.2, 0) is 4.84 Å². The van der Waals surface area contributed by atoms with Gasteiger partial charge in [-0.05, 0) is 6.07 Å². The first-order valence-electron chi connectivity index (χ1n) is 4.58. The van der Waals surface area contributed by atoms with Crippen LogP contribution >= 0.6 is 0 Å². The third-order valence-electron chi connectivity index (χ3n) is 2.22. The van der Waals surface area contributed by atoms with Crippen molar-refractivity contribution in [1.29, 1.82) is 5.26 Å². The Bertz CT molecular complexity index is 504. The van der Waals surface area contributed by atoms with Crippen LogP contribution in [0, 0.1) is 21.4 Å². The molecule has 6 heteroatoms. The monoisotopic (exact) mass is 217 g/mol. The predicted molar refractivity (Wildman–Crippen MR) is 54.7 cm³/mol. The molecule has 0 radical (unpaired) electrons. The summed E-state index contributed by atoms with van der Waals surface area (Å²) in [5, 5.41) is 23.1. The van der Waals surface area contributed by atoms with Crippen LogP contribution < -0.4 is 0 Å². The molecule has 1 aromatic rings. The Kier molecular flexibility index (Phi) is 2.52. The zero-order valence-corrected chi connectivity index (χ0v) is 8.16. The van der Waals surface area contributed by atoms with Crippen molar-refractivity contribution in [3.8, 4) is 6.07 Å². The molecule has 0 N–H and O–H groups in total. The Morgan fingerprint density at radius 1 is 1.56 bits per heavy atom. The number of nitro benzene ring substituents is 1. The lowest BCUT2D eigenvalue weighted by atomic mass is 10.0. The molecular weight excluding hydrogens is 210 g/mol. The minimum atomic E-state index is -0.644. The number of nitrogens with zero attached hydrogens (tertiary/aromatic N) is 3. The second-order valence-electron chi connectivity index (χ2n) is 3.24. The molecule has 16 heavy (non-hydrogen) atoms. The number of nitro groups is 1. The molecule has 1 aliphatic rings. The molecule has 1 aliphatic heterocycles. The standard InChI is InChI=1S/C10H7N3O3/c11-6-7-5-9(12-16-7)8-3-1-2-4-10(8)13(14)15/h1-4,7H,5H2. The van der Waals surface area contributed by atoms with Gasteiger partial charge in [-0.25, -0.2) is 0 Å². The molecule has 1 heterocycles. The van der Waals surface area contributed by atoms with Crippen molar-refractivity contribution < 1.29 is 9.76 Å². The van der Waals surface area contributed by atoms with Crippen LogP contribution in [0.1, 0.15) is 12.0 Å². The average molecular weight is 217 g/mol. The molecule has 0 saturated heterocycles. The maximum absolute atomic E-state index is 10.8. The number of hydrogen-bond acceptors (Lipinski definition) is 5. The summed E-state index contributed by atoms with van der Waals surface area (Å²) < 4.78 is 0. The number of rotatable bonds is 2. The van der Waals surface area contributed by atoms with E-state index in [4.69, 9.17) is 10.1 Å². The van der Waals surface area contributed by atoms with Crippen molar-refractivity contribution in [2.75, 3.05) is 0 Å². The second kappa shape index (κ2) is 3.98. The highest BCUT2D eigenvalue weighted by atomic mass is 16.6. The third kappa shape index (κ3) is 1.70. The van der Waals surface area contributed by atoms with E-state index in [0.717, 1.165) is 0 Å². The van der Waals surface area contributed by atoms with Crippen LogP contribution in [0.15, 0.2) is 29.4 Å². The zero-order valence-electron chi connectivity index (χ0n) is 8.16. The molecule has 1 atom stereocenters. The van der Waals surface area contributed by atoms with Crippen LogP contribution in [0.2, 0.25) is 0 Å². The lowest BCUT2D eigenvalue weighted by Gasteiger charge is -1.99. The van der Waals surface area contributed by atoms with Crippen molar-refractivity contribution >= 4 is 11.4 Å². The Morgan fingerprint density at radius 3 is 2.94 bits per heavy atom. The highest BCUT2D eigenvalue weighted by Crippen LogP contribution is 2.24. The van der Waals surface area contributed by atoms with Gasteiger partial charge in [-0.3, -0.25) is 10.1 Å². The lowest BCUT2D eigenvalue weighted by Crippen LogP contribution is -2.07. The molecule has 80 valence electrons. The van der Waals surface area contributed by atoms with E-state index in [1.54, 1.807) is 18.2 Å². The molecule has 6 nitrogen and oxygen atoms in total. The van der Waals surface area contributed by atoms with E-state index in [0.29, 0.717) is 11.3 Å². The van der Waals surface area contributed by atoms with Gasteiger partial charge in [-0.15, -0.1) is 0 Å². The lowest BCUT2D eigenvalue weighted by molar-refractivity contribution is -0.385. The highest BCUT2D eigenvalue weighted by Gasteiger charge is 2.26. The number of hydrogen-bond donors (Lipinski definition) is 0. The fourth-order valence-corrected chi connectivity index (χ4v) is 1.48. The predicted octanol–water partition coefficient (Wildman–Crippen LogP) is 1.61. The summed E-state index contributed by atoms with van der Waals surface area (Å²) in [4.78, 5) is 15.1. The number of benzene rings is 1. The van der Waals surface area contributed by atoms with Gasteiger partial charge < -0.3 is 4.84 Å². The van der Waals surface area contributed by atoms with Gasteiger partial charge in [-0.1, -0.05) is 17.3 Å². The molecule has 1 unspecified atom stereocenters. The topological polar surface area (TPSA) is 88.5 Å². The van der Waals surface area contributed by atoms with Crippen LogP contribution in [0.25, 0.3) is 0 Å².